The van der Waals surface area contributed by atoms with E-state index in [1.165, 1.54) is 33.3 Å². The third-order valence-corrected chi connectivity index (χ3v) is 7.41. The number of alkyl halides is 2. The largest absolute Gasteiger partial charge is 0.379 e. The molecule has 1 aliphatic rings. The Hall–Kier alpha value is -2.02. The zero-order valence-corrected chi connectivity index (χ0v) is 18.1. The highest BCUT2D eigenvalue weighted by molar-refractivity contribution is 7.99. The van der Waals surface area contributed by atoms with Crippen LogP contribution in [0.2, 0.25) is 0 Å². The molecule has 0 spiro atoms. The Morgan fingerprint density at radius 2 is 1.87 bits per heavy atom. The summed E-state index contributed by atoms with van der Waals surface area (Å²) in [6.07, 6.45) is 0. The van der Waals surface area contributed by atoms with Crippen molar-refractivity contribution in [1.82, 2.24) is 14.1 Å². The molecule has 164 valence electrons. The van der Waals surface area contributed by atoms with Crippen molar-refractivity contribution in [3.05, 3.63) is 35.7 Å². The van der Waals surface area contributed by atoms with Gasteiger partial charge in [-0.15, -0.1) is 0 Å². The third-order valence-electron chi connectivity index (χ3n) is 4.54. The number of hydrogen-bond acceptors (Lipinski definition) is 6. The highest BCUT2D eigenvalue weighted by Crippen LogP contribution is 2.27. The van der Waals surface area contributed by atoms with E-state index in [1.807, 2.05) is 0 Å². The van der Waals surface area contributed by atoms with Crippen LogP contribution in [0.1, 0.15) is 11.4 Å². The number of ether oxygens (including phenoxy) is 1. The first-order valence-corrected chi connectivity index (χ1v) is 11.5. The van der Waals surface area contributed by atoms with Crippen LogP contribution in [0, 0.1) is 13.8 Å². The van der Waals surface area contributed by atoms with Gasteiger partial charge >= 0.3 is 0 Å². The maximum Gasteiger partial charge on any atom is 0.288 e. The normalized spacial score (nSPS) is 15.5. The molecule has 0 saturated carbocycles. The first kappa shape index (κ1) is 22.7. The number of aryl methyl sites for hydroxylation is 1. The molecule has 1 N–H and O–H groups in total. The van der Waals surface area contributed by atoms with Crippen LogP contribution in [-0.2, 0) is 26.1 Å². The zero-order chi connectivity index (χ0) is 21.9. The minimum atomic E-state index is -3.74. The Morgan fingerprint density at radius 1 is 1.23 bits per heavy atom. The number of carbonyl (C=O) groups is 1. The molecule has 1 amide bonds. The van der Waals surface area contributed by atoms with Gasteiger partial charge in [-0.05, 0) is 38.1 Å². The first-order valence-electron chi connectivity index (χ1n) is 9.15. The van der Waals surface area contributed by atoms with Crippen molar-refractivity contribution in [3.63, 3.8) is 0 Å². The van der Waals surface area contributed by atoms with Crippen molar-refractivity contribution in [2.45, 2.75) is 35.9 Å². The topological polar surface area (TPSA) is 93.5 Å². The van der Waals surface area contributed by atoms with Crippen LogP contribution in [0.15, 0.2) is 34.1 Å². The van der Waals surface area contributed by atoms with E-state index in [1.54, 1.807) is 13.8 Å². The van der Waals surface area contributed by atoms with Crippen molar-refractivity contribution in [3.8, 4) is 0 Å². The van der Waals surface area contributed by atoms with Gasteiger partial charge in [0.05, 0.1) is 24.6 Å². The lowest BCUT2D eigenvalue weighted by Crippen LogP contribution is -2.41. The number of thioether (sulfide) groups is 1. The molecule has 12 heteroatoms. The van der Waals surface area contributed by atoms with Gasteiger partial charge in [-0.2, -0.15) is 18.2 Å². The van der Waals surface area contributed by atoms with Gasteiger partial charge in [-0.3, -0.25) is 9.48 Å². The monoisotopic (exact) mass is 460 g/mol. The van der Waals surface area contributed by atoms with Crippen molar-refractivity contribution >= 4 is 33.4 Å². The molecule has 1 aromatic carbocycles. The highest BCUT2D eigenvalue weighted by atomic mass is 32.2. The number of carbonyl (C=O) groups excluding carboxylic acids is 1. The SMILES string of the molecule is Cc1nn(CC(=O)Nc2ccc(SC(F)F)cc2)c(C)c1S(=O)(=O)N1CCOCC1. The Labute approximate surface area is 177 Å². The van der Waals surface area contributed by atoms with Gasteiger partial charge in [0.25, 0.3) is 5.76 Å². The van der Waals surface area contributed by atoms with E-state index >= 15 is 0 Å². The fraction of sp³-hybridized carbons (Fsp3) is 0.444. The Kier molecular flexibility index (Phi) is 7.11. The number of benzene rings is 1. The first-order chi connectivity index (χ1) is 14.2. The highest BCUT2D eigenvalue weighted by Gasteiger charge is 2.32. The second kappa shape index (κ2) is 9.41. The quantitative estimate of drug-likeness (QED) is 0.638. The van der Waals surface area contributed by atoms with Crippen LogP contribution >= 0.6 is 11.8 Å². The van der Waals surface area contributed by atoms with Gasteiger partial charge in [-0.1, -0.05) is 11.8 Å². The van der Waals surface area contributed by atoms with E-state index in [2.05, 4.69) is 10.4 Å². The molecule has 3 rings (SSSR count). The number of amides is 1. The number of anilines is 1. The predicted molar refractivity (Wildman–Crippen MR) is 108 cm³/mol. The maximum atomic E-state index is 13.0. The molecule has 1 aromatic heterocycles. The Balaban J connectivity index is 1.71. The van der Waals surface area contributed by atoms with Crippen LogP contribution in [-0.4, -0.2) is 60.5 Å². The number of halogens is 2. The summed E-state index contributed by atoms with van der Waals surface area (Å²) in [6, 6.07) is 6.03. The van der Waals surface area contributed by atoms with E-state index in [9.17, 15) is 22.0 Å². The molecule has 0 unspecified atom stereocenters. The van der Waals surface area contributed by atoms with E-state index in [4.69, 9.17) is 4.74 Å². The number of nitrogens with zero attached hydrogens (tertiary/aromatic N) is 3. The van der Waals surface area contributed by atoms with Crippen molar-refractivity contribution in [2.75, 3.05) is 31.6 Å². The molecule has 1 fully saturated rings. The van der Waals surface area contributed by atoms with Crippen molar-refractivity contribution < 1.29 is 26.7 Å². The third kappa shape index (κ3) is 5.17. The van der Waals surface area contributed by atoms with E-state index in [0.717, 1.165) is 0 Å². The van der Waals surface area contributed by atoms with Gasteiger partial charge in [0.15, 0.2) is 0 Å². The maximum absolute atomic E-state index is 13.0. The summed E-state index contributed by atoms with van der Waals surface area (Å²) in [4.78, 5) is 12.9. The minimum absolute atomic E-state index is 0.102. The number of sulfonamides is 1. The Bertz CT molecular complexity index is 1000. The molecule has 0 atom stereocenters. The van der Waals surface area contributed by atoms with Crippen LogP contribution < -0.4 is 5.32 Å². The molecule has 8 nitrogen and oxygen atoms in total. The van der Waals surface area contributed by atoms with Gasteiger partial charge < -0.3 is 10.1 Å². The summed E-state index contributed by atoms with van der Waals surface area (Å²) < 4.78 is 58.7. The summed E-state index contributed by atoms with van der Waals surface area (Å²) in [5, 5.41) is 6.89. The smallest absolute Gasteiger partial charge is 0.288 e. The number of hydrogen-bond donors (Lipinski definition) is 1. The van der Waals surface area contributed by atoms with Crippen molar-refractivity contribution in [1.29, 1.82) is 0 Å². The molecule has 1 aliphatic heterocycles. The molecule has 0 radical (unpaired) electrons. The number of nitrogens with one attached hydrogen (secondary N) is 1. The molecule has 2 heterocycles. The second-order valence-corrected chi connectivity index (χ2v) is 9.56. The molecular formula is C18H22F2N4O4S2. The number of rotatable bonds is 7. The lowest BCUT2D eigenvalue weighted by Gasteiger charge is -2.26. The van der Waals surface area contributed by atoms with Gasteiger partial charge in [0.2, 0.25) is 15.9 Å². The lowest BCUT2D eigenvalue weighted by atomic mass is 10.3. The molecule has 30 heavy (non-hydrogen) atoms. The molecular weight excluding hydrogens is 438 g/mol. The minimum Gasteiger partial charge on any atom is -0.379 e. The fourth-order valence-corrected chi connectivity index (χ4v) is 5.46. The summed E-state index contributed by atoms with van der Waals surface area (Å²) in [6.45, 7) is 4.23. The van der Waals surface area contributed by atoms with E-state index in [-0.39, 0.29) is 24.5 Å². The van der Waals surface area contributed by atoms with Crippen LogP contribution in [0.4, 0.5) is 14.5 Å². The Morgan fingerprint density at radius 3 is 2.47 bits per heavy atom. The average Bonchev–Trinajstić information content (AvgIpc) is 2.97. The summed E-state index contributed by atoms with van der Waals surface area (Å²) >= 11 is 0.420. The summed E-state index contributed by atoms with van der Waals surface area (Å²) in [7, 11) is -3.74. The summed E-state index contributed by atoms with van der Waals surface area (Å²) in [5.74, 6) is -2.93. The van der Waals surface area contributed by atoms with Crippen LogP contribution in [0.3, 0.4) is 0 Å². The molecule has 1 saturated heterocycles. The van der Waals surface area contributed by atoms with Crippen molar-refractivity contribution in [2.24, 2.45) is 0 Å². The average molecular weight is 461 g/mol. The molecule has 2 aromatic rings. The van der Waals surface area contributed by atoms with Gasteiger partial charge in [0, 0.05) is 23.7 Å². The zero-order valence-electron chi connectivity index (χ0n) is 16.5. The lowest BCUT2D eigenvalue weighted by molar-refractivity contribution is -0.116. The summed E-state index contributed by atoms with van der Waals surface area (Å²) in [5.41, 5.74) is 1.14. The standard InChI is InChI=1S/C18H22F2N4O4S2/c1-12-17(30(26,27)23-7-9-28-10-8-23)13(2)24(22-12)11-16(25)21-14-3-5-15(6-4-14)29-18(19)20/h3-6,18H,7-11H2,1-2H3,(H,21,25). The molecule has 0 aliphatic carbocycles. The van der Waals surface area contributed by atoms with E-state index in [0.29, 0.717) is 46.9 Å². The van der Waals surface area contributed by atoms with E-state index < -0.39 is 21.7 Å². The molecule has 0 bridgehead atoms. The van der Waals surface area contributed by atoms with Crippen LogP contribution in [0.25, 0.3) is 0 Å². The van der Waals surface area contributed by atoms with Gasteiger partial charge in [0.1, 0.15) is 11.4 Å². The predicted octanol–water partition coefficient (Wildman–Crippen LogP) is 2.47. The number of morpholine rings is 1. The number of aromatic nitrogens is 2. The van der Waals surface area contributed by atoms with Gasteiger partial charge in [-0.25, -0.2) is 8.42 Å². The second-order valence-electron chi connectivity index (χ2n) is 6.63. The van der Waals surface area contributed by atoms with Crippen LogP contribution in [0.5, 0.6) is 0 Å². The fourth-order valence-electron chi connectivity index (χ4n) is 3.18.